The van der Waals surface area contributed by atoms with Crippen molar-refractivity contribution in [1.82, 2.24) is 4.90 Å². The van der Waals surface area contributed by atoms with E-state index in [1.807, 2.05) is 23.1 Å². The van der Waals surface area contributed by atoms with Gasteiger partial charge in [0.05, 0.1) is 19.6 Å². The summed E-state index contributed by atoms with van der Waals surface area (Å²) in [5.41, 5.74) is 0.379. The van der Waals surface area contributed by atoms with Crippen molar-refractivity contribution in [2.45, 2.75) is 39.0 Å². The van der Waals surface area contributed by atoms with Crippen LogP contribution in [-0.2, 0) is 10.2 Å². The van der Waals surface area contributed by atoms with Crippen molar-refractivity contribution in [1.29, 1.82) is 0 Å². The minimum absolute atomic E-state index is 0.132. The van der Waals surface area contributed by atoms with Gasteiger partial charge in [-0.15, -0.1) is 0 Å². The van der Waals surface area contributed by atoms with E-state index in [0.717, 1.165) is 5.56 Å². The molecular formula is C20H31NO4. The fourth-order valence-electron chi connectivity index (χ4n) is 3.96. The highest BCUT2D eigenvalue weighted by molar-refractivity contribution is 5.88. The Morgan fingerprint density at radius 2 is 1.84 bits per heavy atom. The normalized spacial score (nSPS) is 20.6. The molecule has 1 aliphatic rings. The molecule has 0 aliphatic carbocycles. The number of nitrogens with zero attached hydrogens (tertiary/aromatic N) is 1. The third-order valence-electron chi connectivity index (χ3n) is 5.84. The number of aliphatic hydroxyl groups excluding tert-OH is 1. The molecule has 0 radical (unpaired) electrons. The molecule has 25 heavy (non-hydrogen) atoms. The molecule has 0 aromatic heterocycles. The van der Waals surface area contributed by atoms with Gasteiger partial charge in [0.1, 0.15) is 0 Å². The Labute approximate surface area is 150 Å². The Kier molecular flexibility index (Phi) is 6.33. The minimum atomic E-state index is -0.580. The number of aliphatic hydroxyl groups is 1. The number of methoxy groups -OCH3 is 2. The first kappa shape index (κ1) is 19.6. The maximum absolute atomic E-state index is 13.5. The highest BCUT2D eigenvalue weighted by Gasteiger charge is 2.43. The second-order valence-corrected chi connectivity index (χ2v) is 6.99. The van der Waals surface area contributed by atoms with Crippen molar-refractivity contribution < 1.29 is 19.4 Å². The SMILES string of the molecule is CCC(CC)(C(=O)N1C[C@@H](CO)[C@H](C)C1)c1ccc(OC)c(OC)c1. The van der Waals surface area contributed by atoms with Gasteiger partial charge in [-0.25, -0.2) is 0 Å². The number of rotatable bonds is 7. The molecule has 5 nitrogen and oxygen atoms in total. The topological polar surface area (TPSA) is 59.0 Å². The van der Waals surface area contributed by atoms with Gasteiger partial charge in [0.2, 0.25) is 5.91 Å². The Balaban J connectivity index is 2.40. The van der Waals surface area contributed by atoms with Crippen LogP contribution in [0.25, 0.3) is 0 Å². The lowest BCUT2D eigenvalue weighted by Crippen LogP contribution is -2.45. The standard InChI is InChI=1S/C20H31NO4/c1-6-20(7-2,16-8-9-17(24-4)18(10-16)25-5)19(23)21-11-14(3)15(12-21)13-22/h8-10,14-15,22H,6-7,11-13H2,1-5H3/t14-,15+/m1/s1. The van der Waals surface area contributed by atoms with Crippen LogP contribution in [0.4, 0.5) is 0 Å². The van der Waals surface area contributed by atoms with Gasteiger partial charge in [-0.1, -0.05) is 26.8 Å². The first-order valence-corrected chi connectivity index (χ1v) is 9.10. The quantitative estimate of drug-likeness (QED) is 0.822. The second-order valence-electron chi connectivity index (χ2n) is 6.99. The van der Waals surface area contributed by atoms with Crippen LogP contribution in [0, 0.1) is 11.8 Å². The van der Waals surface area contributed by atoms with Gasteiger partial charge in [0.25, 0.3) is 0 Å². The smallest absolute Gasteiger partial charge is 0.233 e. The number of likely N-dealkylation sites (tertiary alicyclic amines) is 1. The summed E-state index contributed by atoms with van der Waals surface area (Å²) in [6, 6.07) is 5.76. The molecule has 1 aromatic carbocycles. The number of hydrogen-bond acceptors (Lipinski definition) is 4. The predicted molar refractivity (Wildman–Crippen MR) is 98.1 cm³/mol. The van der Waals surface area contributed by atoms with Gasteiger partial charge >= 0.3 is 0 Å². The number of ether oxygens (including phenoxy) is 2. The van der Waals surface area contributed by atoms with E-state index in [9.17, 15) is 9.90 Å². The maximum atomic E-state index is 13.5. The largest absolute Gasteiger partial charge is 0.493 e. The van der Waals surface area contributed by atoms with Crippen molar-refractivity contribution in [3.63, 3.8) is 0 Å². The zero-order valence-corrected chi connectivity index (χ0v) is 16.0. The van der Waals surface area contributed by atoms with E-state index in [-0.39, 0.29) is 18.4 Å². The second kappa shape index (κ2) is 8.09. The summed E-state index contributed by atoms with van der Waals surface area (Å²) in [4.78, 5) is 15.4. The molecule has 1 N–H and O–H groups in total. The molecule has 2 atom stereocenters. The molecule has 1 saturated heterocycles. The zero-order chi connectivity index (χ0) is 18.6. The molecule has 1 heterocycles. The summed E-state index contributed by atoms with van der Waals surface area (Å²) >= 11 is 0. The van der Waals surface area contributed by atoms with Crippen LogP contribution in [0.15, 0.2) is 18.2 Å². The highest BCUT2D eigenvalue weighted by Crippen LogP contribution is 2.40. The predicted octanol–water partition coefficient (Wildman–Crippen LogP) is 2.85. The van der Waals surface area contributed by atoms with Crippen LogP contribution in [0.2, 0.25) is 0 Å². The van der Waals surface area contributed by atoms with Crippen molar-refractivity contribution in [2.24, 2.45) is 11.8 Å². The van der Waals surface area contributed by atoms with Gasteiger partial charge in [-0.05, 0) is 36.5 Å². The molecular weight excluding hydrogens is 318 g/mol. The van der Waals surface area contributed by atoms with Gasteiger partial charge in [-0.3, -0.25) is 4.79 Å². The van der Waals surface area contributed by atoms with E-state index in [1.54, 1.807) is 14.2 Å². The molecule has 5 heteroatoms. The van der Waals surface area contributed by atoms with Gasteiger partial charge in [0, 0.05) is 25.6 Å². The first-order chi connectivity index (χ1) is 12.0. The summed E-state index contributed by atoms with van der Waals surface area (Å²) in [5, 5.41) is 9.53. The Morgan fingerprint density at radius 1 is 1.20 bits per heavy atom. The van der Waals surface area contributed by atoms with E-state index in [0.29, 0.717) is 43.3 Å². The summed E-state index contributed by atoms with van der Waals surface area (Å²) < 4.78 is 10.8. The lowest BCUT2D eigenvalue weighted by molar-refractivity contribution is -0.137. The van der Waals surface area contributed by atoms with E-state index in [2.05, 4.69) is 20.8 Å². The van der Waals surface area contributed by atoms with Crippen molar-refractivity contribution in [3.05, 3.63) is 23.8 Å². The number of carbonyl (C=O) groups is 1. The maximum Gasteiger partial charge on any atom is 0.233 e. The average Bonchev–Trinajstić information content (AvgIpc) is 3.03. The molecule has 1 aromatic rings. The molecule has 0 bridgehead atoms. The number of amides is 1. The molecule has 1 amide bonds. The Bertz CT molecular complexity index is 597. The van der Waals surface area contributed by atoms with Crippen LogP contribution in [0.3, 0.4) is 0 Å². The lowest BCUT2D eigenvalue weighted by atomic mass is 9.74. The van der Waals surface area contributed by atoms with Crippen LogP contribution < -0.4 is 9.47 Å². The third-order valence-corrected chi connectivity index (χ3v) is 5.84. The molecule has 2 rings (SSSR count). The molecule has 140 valence electrons. The molecule has 0 spiro atoms. The van der Waals surface area contributed by atoms with Crippen LogP contribution in [-0.4, -0.2) is 49.8 Å². The summed E-state index contributed by atoms with van der Waals surface area (Å²) in [6.07, 6.45) is 1.43. The molecule has 1 fully saturated rings. The number of benzene rings is 1. The van der Waals surface area contributed by atoms with Crippen molar-refractivity contribution in [3.8, 4) is 11.5 Å². The van der Waals surface area contributed by atoms with Crippen LogP contribution in [0.1, 0.15) is 39.2 Å². The third kappa shape index (κ3) is 3.47. The van der Waals surface area contributed by atoms with E-state index < -0.39 is 5.41 Å². The van der Waals surface area contributed by atoms with Crippen LogP contribution >= 0.6 is 0 Å². The summed E-state index contributed by atoms with van der Waals surface area (Å²) in [5.74, 6) is 1.94. The molecule has 0 unspecified atom stereocenters. The van der Waals surface area contributed by atoms with Gasteiger partial charge in [0.15, 0.2) is 11.5 Å². The van der Waals surface area contributed by atoms with Gasteiger partial charge < -0.3 is 19.5 Å². The molecule has 1 aliphatic heterocycles. The minimum Gasteiger partial charge on any atom is -0.493 e. The highest BCUT2D eigenvalue weighted by atomic mass is 16.5. The van der Waals surface area contributed by atoms with Crippen molar-refractivity contribution in [2.75, 3.05) is 33.9 Å². The summed E-state index contributed by atoms with van der Waals surface area (Å²) in [7, 11) is 3.22. The van der Waals surface area contributed by atoms with E-state index in [1.165, 1.54) is 0 Å². The molecule has 0 saturated carbocycles. The zero-order valence-electron chi connectivity index (χ0n) is 16.0. The average molecular weight is 349 g/mol. The van der Waals surface area contributed by atoms with Crippen molar-refractivity contribution >= 4 is 5.91 Å². The lowest BCUT2D eigenvalue weighted by Gasteiger charge is -2.35. The first-order valence-electron chi connectivity index (χ1n) is 9.10. The Morgan fingerprint density at radius 3 is 2.32 bits per heavy atom. The summed E-state index contributed by atoms with van der Waals surface area (Å²) in [6.45, 7) is 7.68. The monoisotopic (exact) mass is 349 g/mol. The number of carbonyl (C=O) groups excluding carboxylic acids is 1. The fourth-order valence-corrected chi connectivity index (χ4v) is 3.96. The van der Waals surface area contributed by atoms with Gasteiger partial charge in [-0.2, -0.15) is 0 Å². The van der Waals surface area contributed by atoms with E-state index >= 15 is 0 Å². The number of hydrogen-bond donors (Lipinski definition) is 1. The Hall–Kier alpha value is -1.75. The fraction of sp³-hybridized carbons (Fsp3) is 0.650. The van der Waals surface area contributed by atoms with E-state index in [4.69, 9.17) is 9.47 Å². The van der Waals surface area contributed by atoms with Crippen LogP contribution in [0.5, 0.6) is 11.5 Å².